The minimum Gasteiger partial charge on any atom is -0.372 e. The zero-order chi connectivity index (χ0) is 17.1. The first-order valence-corrected chi connectivity index (χ1v) is 9.94. The predicted molar refractivity (Wildman–Crippen MR) is 100.0 cm³/mol. The molecule has 1 aliphatic carbocycles. The lowest BCUT2D eigenvalue weighted by atomic mass is 9.65. The lowest BCUT2D eigenvalue weighted by Crippen LogP contribution is -2.70. The van der Waals surface area contributed by atoms with Crippen LogP contribution >= 0.6 is 0 Å². The van der Waals surface area contributed by atoms with Crippen LogP contribution < -0.4 is 0 Å². The summed E-state index contributed by atoms with van der Waals surface area (Å²) in [5.74, 6) is 1.54. The number of hydrogen-bond acceptors (Lipinski definition) is 4. The summed E-state index contributed by atoms with van der Waals surface area (Å²) in [4.78, 5) is 10.3. The number of likely N-dealkylation sites (tertiary alicyclic amines) is 3. The second-order valence-electron chi connectivity index (χ2n) is 9.54. The Bertz CT molecular complexity index is 496. The standard InChI is InChI=1S/C20H36N4/c1-15(2)16-6-7-20(13-24(14-20)18-11-22(4)12-18)19(8-16)23(5)17-9-21(3)10-17/h8,15-18H,6-7,9-14H2,1-5H3. The first-order valence-electron chi connectivity index (χ1n) is 9.94. The lowest BCUT2D eigenvalue weighted by Gasteiger charge is -2.61. The van der Waals surface area contributed by atoms with Gasteiger partial charge >= 0.3 is 0 Å². The fraction of sp³-hybridized carbons (Fsp3) is 0.900. The summed E-state index contributed by atoms with van der Waals surface area (Å²) >= 11 is 0. The van der Waals surface area contributed by atoms with Gasteiger partial charge in [0.25, 0.3) is 0 Å². The monoisotopic (exact) mass is 332 g/mol. The molecule has 0 aromatic heterocycles. The maximum atomic E-state index is 2.75. The van der Waals surface area contributed by atoms with Crippen LogP contribution in [0.2, 0.25) is 0 Å². The van der Waals surface area contributed by atoms with Crippen molar-refractivity contribution in [2.75, 3.05) is 60.4 Å². The van der Waals surface area contributed by atoms with Gasteiger partial charge in [-0.2, -0.15) is 0 Å². The molecule has 3 fully saturated rings. The Kier molecular flexibility index (Phi) is 4.21. The van der Waals surface area contributed by atoms with E-state index in [2.05, 4.69) is 60.7 Å². The Morgan fingerprint density at radius 2 is 1.71 bits per heavy atom. The maximum absolute atomic E-state index is 2.75. The van der Waals surface area contributed by atoms with Crippen LogP contribution in [0.1, 0.15) is 26.7 Å². The van der Waals surface area contributed by atoms with Crippen LogP contribution in [-0.4, -0.2) is 92.1 Å². The van der Waals surface area contributed by atoms with Crippen LogP contribution in [0.3, 0.4) is 0 Å². The fourth-order valence-electron chi connectivity index (χ4n) is 5.37. The number of likely N-dealkylation sites (N-methyl/N-ethyl adjacent to an activating group) is 3. The molecule has 4 aliphatic rings. The van der Waals surface area contributed by atoms with Crippen molar-refractivity contribution in [3.63, 3.8) is 0 Å². The van der Waals surface area contributed by atoms with Crippen LogP contribution in [-0.2, 0) is 0 Å². The summed E-state index contributed by atoms with van der Waals surface area (Å²) in [7, 11) is 6.85. The predicted octanol–water partition coefficient (Wildman–Crippen LogP) is 1.80. The Morgan fingerprint density at radius 1 is 1.08 bits per heavy atom. The van der Waals surface area contributed by atoms with Gasteiger partial charge in [-0.25, -0.2) is 0 Å². The van der Waals surface area contributed by atoms with Crippen molar-refractivity contribution in [1.29, 1.82) is 0 Å². The molecule has 0 saturated carbocycles. The first kappa shape index (κ1) is 16.9. The molecule has 4 nitrogen and oxygen atoms in total. The van der Waals surface area contributed by atoms with Gasteiger partial charge < -0.3 is 14.7 Å². The van der Waals surface area contributed by atoms with E-state index in [-0.39, 0.29) is 0 Å². The third-order valence-electron chi connectivity index (χ3n) is 7.27. The zero-order valence-corrected chi connectivity index (χ0v) is 16.3. The normalized spacial score (nSPS) is 32.4. The second-order valence-corrected chi connectivity index (χ2v) is 9.54. The summed E-state index contributed by atoms with van der Waals surface area (Å²) in [6.45, 7) is 12.4. The van der Waals surface area contributed by atoms with Gasteiger partial charge in [0.05, 0.1) is 6.04 Å². The lowest BCUT2D eigenvalue weighted by molar-refractivity contribution is -0.0820. The van der Waals surface area contributed by atoms with Crippen molar-refractivity contribution >= 4 is 0 Å². The van der Waals surface area contributed by atoms with Crippen LogP contribution in [0.25, 0.3) is 0 Å². The van der Waals surface area contributed by atoms with Gasteiger partial charge in [-0.3, -0.25) is 4.90 Å². The first-order chi connectivity index (χ1) is 11.4. The second kappa shape index (κ2) is 6.00. The van der Waals surface area contributed by atoms with Crippen molar-refractivity contribution in [2.45, 2.75) is 38.8 Å². The van der Waals surface area contributed by atoms with E-state index in [1.54, 1.807) is 5.70 Å². The third kappa shape index (κ3) is 2.71. The molecule has 0 radical (unpaired) electrons. The van der Waals surface area contributed by atoms with Crippen LogP contribution in [0.5, 0.6) is 0 Å². The molecule has 0 amide bonds. The molecule has 0 aromatic carbocycles. The number of rotatable bonds is 4. The largest absolute Gasteiger partial charge is 0.372 e. The van der Waals surface area contributed by atoms with Gasteiger partial charge in [0.15, 0.2) is 0 Å². The molecule has 4 rings (SSSR count). The minimum atomic E-state index is 0.461. The van der Waals surface area contributed by atoms with Gasteiger partial charge in [0.1, 0.15) is 0 Å². The molecular formula is C20H36N4. The molecular weight excluding hydrogens is 296 g/mol. The van der Waals surface area contributed by atoms with E-state index in [0.29, 0.717) is 5.41 Å². The number of nitrogens with zero attached hydrogens (tertiary/aromatic N) is 4. The van der Waals surface area contributed by atoms with E-state index >= 15 is 0 Å². The van der Waals surface area contributed by atoms with E-state index in [4.69, 9.17) is 0 Å². The van der Waals surface area contributed by atoms with Crippen LogP contribution in [0.15, 0.2) is 11.8 Å². The van der Waals surface area contributed by atoms with Crippen LogP contribution in [0.4, 0.5) is 0 Å². The van der Waals surface area contributed by atoms with Gasteiger partial charge in [-0.05, 0) is 38.8 Å². The summed E-state index contributed by atoms with van der Waals surface area (Å²) in [6, 6.07) is 1.55. The van der Waals surface area contributed by atoms with Crippen molar-refractivity contribution in [2.24, 2.45) is 17.3 Å². The SMILES string of the molecule is CC(C)C1C=C(N(C)C2CN(C)C2)C2(CC1)CN(C1CN(C)C1)C2. The average molecular weight is 333 g/mol. The molecule has 0 N–H and O–H groups in total. The topological polar surface area (TPSA) is 13.0 Å². The molecule has 136 valence electrons. The molecule has 1 atom stereocenters. The number of allylic oxidation sites excluding steroid dienone is 1. The maximum Gasteiger partial charge on any atom is 0.0537 e. The molecule has 3 saturated heterocycles. The number of hydrogen-bond donors (Lipinski definition) is 0. The molecule has 0 aromatic rings. The molecule has 3 heterocycles. The van der Waals surface area contributed by atoms with Gasteiger partial charge in [0.2, 0.25) is 0 Å². The van der Waals surface area contributed by atoms with Crippen molar-refractivity contribution in [3.8, 4) is 0 Å². The fourth-order valence-corrected chi connectivity index (χ4v) is 5.37. The smallest absolute Gasteiger partial charge is 0.0537 e. The van der Waals surface area contributed by atoms with Crippen molar-refractivity contribution < 1.29 is 0 Å². The van der Waals surface area contributed by atoms with E-state index in [1.807, 2.05) is 0 Å². The Morgan fingerprint density at radius 3 is 2.25 bits per heavy atom. The highest BCUT2D eigenvalue weighted by atomic mass is 15.4. The molecule has 1 spiro atoms. The van der Waals surface area contributed by atoms with Crippen molar-refractivity contribution in [3.05, 3.63) is 11.8 Å². The average Bonchev–Trinajstić information content (AvgIpc) is 2.45. The third-order valence-corrected chi connectivity index (χ3v) is 7.27. The van der Waals surface area contributed by atoms with Crippen LogP contribution in [0, 0.1) is 17.3 Å². The highest BCUT2D eigenvalue weighted by Crippen LogP contribution is 2.50. The van der Waals surface area contributed by atoms with Crippen molar-refractivity contribution in [1.82, 2.24) is 19.6 Å². The summed E-state index contributed by atoms with van der Waals surface area (Å²) in [6.07, 6.45) is 5.46. The molecule has 24 heavy (non-hydrogen) atoms. The van der Waals surface area contributed by atoms with E-state index in [1.165, 1.54) is 52.1 Å². The Balaban J connectivity index is 1.49. The summed E-state index contributed by atoms with van der Waals surface area (Å²) < 4.78 is 0. The molecule has 0 bridgehead atoms. The van der Waals surface area contributed by atoms with Gasteiger partial charge in [-0.15, -0.1) is 0 Å². The summed E-state index contributed by atoms with van der Waals surface area (Å²) in [5, 5.41) is 0. The zero-order valence-electron chi connectivity index (χ0n) is 16.3. The highest BCUT2D eigenvalue weighted by molar-refractivity contribution is 5.26. The molecule has 1 unspecified atom stereocenters. The van der Waals surface area contributed by atoms with E-state index < -0.39 is 0 Å². The van der Waals surface area contributed by atoms with Gasteiger partial charge in [0, 0.05) is 63.5 Å². The van der Waals surface area contributed by atoms with Gasteiger partial charge in [-0.1, -0.05) is 19.9 Å². The quantitative estimate of drug-likeness (QED) is 0.778. The molecule has 3 aliphatic heterocycles. The molecule has 4 heteroatoms. The highest BCUT2D eigenvalue weighted by Gasteiger charge is 2.53. The van der Waals surface area contributed by atoms with E-state index in [0.717, 1.165) is 23.9 Å². The Hall–Kier alpha value is -0.580. The minimum absolute atomic E-state index is 0.461. The van der Waals surface area contributed by atoms with E-state index in [9.17, 15) is 0 Å². The summed E-state index contributed by atoms with van der Waals surface area (Å²) in [5.41, 5.74) is 2.15. The Labute approximate surface area is 148 Å².